The third-order valence-electron chi connectivity index (χ3n) is 2.43. The zero-order valence-electron chi connectivity index (χ0n) is 9.17. The van der Waals surface area contributed by atoms with Crippen molar-refractivity contribution in [3.8, 4) is 0 Å². The molecule has 1 heterocycles. The maximum atomic E-state index is 13.6. The Bertz CT molecular complexity index is 560. The zero-order valence-corrected chi connectivity index (χ0v) is 9.92. The summed E-state index contributed by atoms with van der Waals surface area (Å²) in [6.45, 7) is 1.91. The molecular formula is C13H10ClFO2. The molecule has 0 aliphatic rings. The molecule has 0 bridgehead atoms. The lowest BCUT2D eigenvalue weighted by atomic mass is 10.1. The van der Waals surface area contributed by atoms with E-state index in [0.29, 0.717) is 12.2 Å². The molecule has 17 heavy (non-hydrogen) atoms. The Morgan fingerprint density at radius 1 is 1.35 bits per heavy atom. The fraction of sp³-hybridized carbons (Fsp3) is 0.154. The summed E-state index contributed by atoms with van der Waals surface area (Å²) in [6, 6.07) is 7.56. The van der Waals surface area contributed by atoms with Gasteiger partial charge in [-0.15, -0.1) is 0 Å². The topological polar surface area (TPSA) is 30.2 Å². The van der Waals surface area contributed by atoms with Crippen LogP contribution in [0.4, 0.5) is 4.39 Å². The van der Waals surface area contributed by atoms with Gasteiger partial charge in [-0.1, -0.05) is 24.6 Å². The van der Waals surface area contributed by atoms with Gasteiger partial charge in [0.05, 0.1) is 10.6 Å². The average Bonchev–Trinajstić information content (AvgIpc) is 2.80. The minimum atomic E-state index is -0.714. The lowest BCUT2D eigenvalue weighted by Crippen LogP contribution is -2.03. The first-order chi connectivity index (χ1) is 8.13. The number of ketones is 1. The molecule has 0 radical (unpaired) electrons. The van der Waals surface area contributed by atoms with Crippen molar-refractivity contribution in [1.29, 1.82) is 0 Å². The molecule has 0 fully saturated rings. The van der Waals surface area contributed by atoms with Crippen molar-refractivity contribution in [2.24, 2.45) is 0 Å². The Morgan fingerprint density at radius 3 is 2.76 bits per heavy atom. The highest BCUT2D eigenvalue weighted by molar-refractivity contribution is 6.31. The molecule has 0 unspecified atom stereocenters. The number of furan rings is 1. The Hall–Kier alpha value is -1.61. The molecule has 2 rings (SSSR count). The summed E-state index contributed by atoms with van der Waals surface area (Å²) in [4.78, 5) is 12.0. The summed E-state index contributed by atoms with van der Waals surface area (Å²) in [5.41, 5.74) is -0.0745. The number of rotatable bonds is 3. The van der Waals surface area contributed by atoms with Gasteiger partial charge in [-0.2, -0.15) is 0 Å². The second-order valence-corrected chi connectivity index (χ2v) is 3.96. The fourth-order valence-corrected chi connectivity index (χ4v) is 1.68. The SMILES string of the molecule is CCc1ccc(C(=O)c2cccc(Cl)c2F)o1. The molecule has 0 saturated carbocycles. The molecule has 0 spiro atoms. The van der Waals surface area contributed by atoms with Crippen LogP contribution in [-0.4, -0.2) is 5.78 Å². The second kappa shape index (κ2) is 4.72. The van der Waals surface area contributed by atoms with Gasteiger partial charge in [-0.3, -0.25) is 4.79 Å². The monoisotopic (exact) mass is 252 g/mol. The van der Waals surface area contributed by atoms with Crippen LogP contribution in [0.1, 0.15) is 28.8 Å². The van der Waals surface area contributed by atoms with E-state index in [2.05, 4.69) is 0 Å². The fourth-order valence-electron chi connectivity index (χ4n) is 1.50. The highest BCUT2D eigenvalue weighted by atomic mass is 35.5. The quantitative estimate of drug-likeness (QED) is 0.777. The molecule has 0 aliphatic heterocycles. The van der Waals surface area contributed by atoms with Crippen LogP contribution < -0.4 is 0 Å². The number of aryl methyl sites for hydroxylation is 1. The van der Waals surface area contributed by atoms with E-state index in [0.717, 1.165) is 0 Å². The molecule has 1 aromatic heterocycles. The Kier molecular flexibility index (Phi) is 3.29. The second-order valence-electron chi connectivity index (χ2n) is 3.55. The Morgan fingerprint density at radius 2 is 2.12 bits per heavy atom. The van der Waals surface area contributed by atoms with Gasteiger partial charge >= 0.3 is 0 Å². The zero-order chi connectivity index (χ0) is 12.4. The van der Waals surface area contributed by atoms with E-state index in [-0.39, 0.29) is 16.3 Å². The van der Waals surface area contributed by atoms with E-state index in [9.17, 15) is 9.18 Å². The number of hydrogen-bond donors (Lipinski definition) is 0. The van der Waals surface area contributed by atoms with Crippen molar-refractivity contribution >= 4 is 17.4 Å². The van der Waals surface area contributed by atoms with Crippen molar-refractivity contribution in [2.75, 3.05) is 0 Å². The lowest BCUT2D eigenvalue weighted by molar-refractivity contribution is 0.100. The summed E-state index contributed by atoms with van der Waals surface area (Å²) in [5, 5.41) is -0.0712. The van der Waals surface area contributed by atoms with Gasteiger partial charge in [0.25, 0.3) is 0 Å². The van der Waals surface area contributed by atoms with Crippen LogP contribution >= 0.6 is 11.6 Å². The normalized spacial score (nSPS) is 10.5. The number of carbonyl (C=O) groups is 1. The van der Waals surface area contributed by atoms with Gasteiger partial charge < -0.3 is 4.42 Å². The van der Waals surface area contributed by atoms with Crippen LogP contribution in [0.3, 0.4) is 0 Å². The minimum Gasteiger partial charge on any atom is -0.458 e. The van der Waals surface area contributed by atoms with Crippen LogP contribution in [0.25, 0.3) is 0 Å². The highest BCUT2D eigenvalue weighted by Crippen LogP contribution is 2.21. The highest BCUT2D eigenvalue weighted by Gasteiger charge is 2.18. The van der Waals surface area contributed by atoms with Crippen LogP contribution in [0.5, 0.6) is 0 Å². The molecule has 0 amide bonds. The molecule has 1 aromatic carbocycles. The van der Waals surface area contributed by atoms with Crippen molar-refractivity contribution in [2.45, 2.75) is 13.3 Å². The third-order valence-corrected chi connectivity index (χ3v) is 2.72. The van der Waals surface area contributed by atoms with E-state index in [4.69, 9.17) is 16.0 Å². The molecule has 88 valence electrons. The first-order valence-corrected chi connectivity index (χ1v) is 5.58. The molecule has 0 N–H and O–H groups in total. The molecule has 2 aromatic rings. The smallest absolute Gasteiger partial charge is 0.231 e. The lowest BCUT2D eigenvalue weighted by Gasteiger charge is -2.01. The van der Waals surface area contributed by atoms with Crippen LogP contribution in [0.15, 0.2) is 34.7 Å². The largest absolute Gasteiger partial charge is 0.458 e. The summed E-state index contributed by atoms with van der Waals surface area (Å²) in [6.07, 6.45) is 0.686. The van der Waals surface area contributed by atoms with Crippen molar-refractivity contribution in [3.63, 3.8) is 0 Å². The predicted molar refractivity (Wildman–Crippen MR) is 62.9 cm³/mol. The van der Waals surface area contributed by atoms with Gasteiger partial charge in [-0.05, 0) is 24.3 Å². The van der Waals surface area contributed by atoms with Crippen molar-refractivity contribution < 1.29 is 13.6 Å². The van der Waals surface area contributed by atoms with Crippen molar-refractivity contribution in [1.82, 2.24) is 0 Å². The molecular weight excluding hydrogens is 243 g/mol. The number of carbonyl (C=O) groups excluding carboxylic acids is 1. The number of halogens is 2. The predicted octanol–water partition coefficient (Wildman–Crippen LogP) is 3.87. The first-order valence-electron chi connectivity index (χ1n) is 5.21. The maximum absolute atomic E-state index is 13.6. The molecule has 0 aliphatic carbocycles. The summed E-state index contributed by atoms with van der Waals surface area (Å²) in [5.74, 6) is -0.392. The van der Waals surface area contributed by atoms with E-state index in [1.54, 1.807) is 12.1 Å². The van der Waals surface area contributed by atoms with Gasteiger partial charge in [0, 0.05) is 6.42 Å². The maximum Gasteiger partial charge on any atom is 0.231 e. The Labute approximate surface area is 103 Å². The number of hydrogen-bond acceptors (Lipinski definition) is 2. The van der Waals surface area contributed by atoms with Gasteiger partial charge in [0.2, 0.25) is 5.78 Å². The van der Waals surface area contributed by atoms with Gasteiger partial charge in [0.1, 0.15) is 5.76 Å². The van der Waals surface area contributed by atoms with E-state index < -0.39 is 11.6 Å². The van der Waals surface area contributed by atoms with Gasteiger partial charge in [0.15, 0.2) is 11.6 Å². The van der Waals surface area contributed by atoms with E-state index in [1.807, 2.05) is 6.92 Å². The van der Waals surface area contributed by atoms with Gasteiger partial charge in [-0.25, -0.2) is 4.39 Å². The first kappa shape index (κ1) is 11.9. The Balaban J connectivity index is 2.40. The average molecular weight is 253 g/mol. The molecule has 0 atom stereocenters. The van der Waals surface area contributed by atoms with Crippen LogP contribution in [0, 0.1) is 5.82 Å². The molecule has 0 saturated heterocycles. The van der Waals surface area contributed by atoms with Crippen molar-refractivity contribution in [3.05, 3.63) is 58.3 Å². The molecule has 2 nitrogen and oxygen atoms in total. The summed E-state index contributed by atoms with van der Waals surface area (Å²) in [7, 11) is 0. The minimum absolute atomic E-state index is 0.0712. The summed E-state index contributed by atoms with van der Waals surface area (Å²) >= 11 is 5.62. The summed E-state index contributed by atoms with van der Waals surface area (Å²) < 4.78 is 18.9. The van der Waals surface area contributed by atoms with Crippen LogP contribution in [0.2, 0.25) is 5.02 Å². The number of benzene rings is 1. The standard InChI is InChI=1S/C13H10ClFO2/c1-2-8-6-7-11(17-8)13(16)9-4-3-5-10(14)12(9)15/h3-7H,2H2,1H3. The van der Waals surface area contributed by atoms with E-state index in [1.165, 1.54) is 18.2 Å². The molecule has 4 heteroatoms. The van der Waals surface area contributed by atoms with E-state index >= 15 is 0 Å². The third kappa shape index (κ3) is 2.24. The van der Waals surface area contributed by atoms with Crippen LogP contribution in [-0.2, 0) is 6.42 Å².